The zero-order chi connectivity index (χ0) is 15.0. The highest BCUT2D eigenvalue weighted by Gasteiger charge is 2.23. The Bertz CT molecular complexity index is 436. The first kappa shape index (κ1) is 16.8. The molecule has 0 saturated carbocycles. The lowest BCUT2D eigenvalue weighted by atomic mass is 10.0. The summed E-state index contributed by atoms with van der Waals surface area (Å²) in [5.41, 5.74) is 6.74. The van der Waals surface area contributed by atoms with Gasteiger partial charge in [-0.1, -0.05) is 41.8 Å². The average molecular weight is 296 g/mol. The summed E-state index contributed by atoms with van der Waals surface area (Å²) < 4.78 is 12.0. The van der Waals surface area contributed by atoms with E-state index < -0.39 is 19.8 Å². The summed E-state index contributed by atoms with van der Waals surface area (Å²) in [6.07, 6.45) is 3.47. The second-order valence-corrected chi connectivity index (χ2v) is 7.04. The zero-order valence-corrected chi connectivity index (χ0v) is 12.8. The average Bonchev–Trinajstić information content (AvgIpc) is 2.39. The fraction of sp³-hybridized carbons (Fsp3) is 0.533. The summed E-state index contributed by atoms with van der Waals surface area (Å²) in [6, 6.07) is 9.29. The number of aliphatic carboxylic acids is 1. The standard InChI is InChI=1S/C15H22NO3P/c1-12(10-14(16)15(17)18)11-20(19)9-5-8-13-6-3-2-4-7-13/h2-4,6-7,12,14H,5,8-11,16H2,1H3/p+1/t12?,14-/m0/s1. The van der Waals surface area contributed by atoms with Crippen LogP contribution in [-0.4, -0.2) is 29.4 Å². The normalized spacial score (nSPS) is 14.6. The topological polar surface area (TPSA) is 80.4 Å². The fourth-order valence-corrected chi connectivity index (χ4v) is 3.69. The Labute approximate surface area is 121 Å². The minimum absolute atomic E-state index is 0.0847. The van der Waals surface area contributed by atoms with Gasteiger partial charge in [0.2, 0.25) is 0 Å². The molecule has 1 rings (SSSR count). The molecular formula is C15H23NO3P+. The summed E-state index contributed by atoms with van der Waals surface area (Å²) in [7, 11) is -1.26. The predicted octanol–water partition coefficient (Wildman–Crippen LogP) is 2.88. The lowest BCUT2D eigenvalue weighted by molar-refractivity contribution is -0.138. The van der Waals surface area contributed by atoms with E-state index in [0.717, 1.165) is 12.8 Å². The largest absolute Gasteiger partial charge is 0.480 e. The van der Waals surface area contributed by atoms with Gasteiger partial charge in [0.15, 0.2) is 0 Å². The lowest BCUT2D eigenvalue weighted by Crippen LogP contribution is -2.32. The van der Waals surface area contributed by atoms with E-state index in [1.807, 2.05) is 25.1 Å². The highest BCUT2D eigenvalue weighted by atomic mass is 31.1. The first-order valence-corrected chi connectivity index (χ1v) is 8.56. The van der Waals surface area contributed by atoms with Gasteiger partial charge in [-0.25, -0.2) is 0 Å². The molecule has 0 aliphatic carbocycles. The molecule has 110 valence electrons. The van der Waals surface area contributed by atoms with E-state index >= 15 is 0 Å². The highest BCUT2D eigenvalue weighted by Crippen LogP contribution is 2.27. The highest BCUT2D eigenvalue weighted by molar-refractivity contribution is 7.44. The summed E-state index contributed by atoms with van der Waals surface area (Å²) >= 11 is 0. The predicted molar refractivity (Wildman–Crippen MR) is 81.5 cm³/mol. The summed E-state index contributed by atoms with van der Waals surface area (Å²) in [4.78, 5) is 10.7. The summed E-state index contributed by atoms with van der Waals surface area (Å²) in [5.74, 6) is -0.905. The monoisotopic (exact) mass is 296 g/mol. The molecule has 0 radical (unpaired) electrons. The van der Waals surface area contributed by atoms with Gasteiger partial charge in [0, 0.05) is 5.92 Å². The maximum atomic E-state index is 12.0. The molecule has 0 aromatic heterocycles. The van der Waals surface area contributed by atoms with Crippen molar-refractivity contribution in [1.82, 2.24) is 0 Å². The van der Waals surface area contributed by atoms with Gasteiger partial charge in [-0.3, -0.25) is 4.79 Å². The molecule has 0 spiro atoms. The van der Waals surface area contributed by atoms with Gasteiger partial charge in [0.05, 0.1) is 0 Å². The quantitative estimate of drug-likeness (QED) is 0.687. The van der Waals surface area contributed by atoms with Gasteiger partial charge in [0.25, 0.3) is 0 Å². The minimum Gasteiger partial charge on any atom is -0.480 e. The third-order valence-electron chi connectivity index (χ3n) is 3.20. The van der Waals surface area contributed by atoms with Crippen LogP contribution in [0.15, 0.2) is 30.3 Å². The van der Waals surface area contributed by atoms with E-state index in [0.29, 0.717) is 18.7 Å². The maximum absolute atomic E-state index is 12.0. The van der Waals surface area contributed by atoms with E-state index in [4.69, 9.17) is 10.8 Å². The number of benzene rings is 1. The smallest absolute Gasteiger partial charge is 0.338 e. The lowest BCUT2D eigenvalue weighted by Gasteiger charge is -2.09. The molecule has 0 aliphatic rings. The molecule has 0 saturated heterocycles. The Morgan fingerprint density at radius 1 is 1.35 bits per heavy atom. The van der Waals surface area contributed by atoms with Gasteiger partial charge >= 0.3 is 13.8 Å². The number of rotatable bonds is 9. The van der Waals surface area contributed by atoms with Crippen LogP contribution in [0.3, 0.4) is 0 Å². The molecule has 3 N–H and O–H groups in total. The number of nitrogens with two attached hydrogens (primary N) is 1. The van der Waals surface area contributed by atoms with Gasteiger partial charge in [-0.05, 0) is 24.8 Å². The van der Waals surface area contributed by atoms with Crippen molar-refractivity contribution in [1.29, 1.82) is 0 Å². The van der Waals surface area contributed by atoms with Gasteiger partial charge in [-0.15, -0.1) is 0 Å². The van der Waals surface area contributed by atoms with Crippen molar-refractivity contribution in [3.05, 3.63) is 35.9 Å². The molecule has 1 aromatic carbocycles. The molecule has 20 heavy (non-hydrogen) atoms. The van der Waals surface area contributed by atoms with Crippen LogP contribution in [0, 0.1) is 5.92 Å². The van der Waals surface area contributed by atoms with E-state index in [1.54, 1.807) is 0 Å². The molecule has 2 unspecified atom stereocenters. The minimum atomic E-state index is -1.26. The summed E-state index contributed by atoms with van der Waals surface area (Å²) in [6.45, 7) is 1.91. The third-order valence-corrected chi connectivity index (χ3v) is 5.05. The van der Waals surface area contributed by atoms with Crippen molar-refractivity contribution in [2.45, 2.75) is 32.2 Å². The van der Waals surface area contributed by atoms with Crippen LogP contribution >= 0.6 is 7.80 Å². The first-order chi connectivity index (χ1) is 9.49. The molecule has 1 aromatic rings. The molecule has 3 atom stereocenters. The van der Waals surface area contributed by atoms with E-state index in [1.165, 1.54) is 5.56 Å². The van der Waals surface area contributed by atoms with Crippen molar-refractivity contribution in [3.63, 3.8) is 0 Å². The maximum Gasteiger partial charge on any atom is 0.338 e. The molecule has 5 heteroatoms. The van der Waals surface area contributed by atoms with Crippen LogP contribution in [0.4, 0.5) is 0 Å². The number of carboxylic acid groups (broad SMARTS) is 1. The van der Waals surface area contributed by atoms with Crippen LogP contribution in [0.1, 0.15) is 25.3 Å². The number of hydrogen-bond donors (Lipinski definition) is 2. The van der Waals surface area contributed by atoms with Crippen molar-refractivity contribution < 1.29 is 14.5 Å². The Morgan fingerprint density at radius 3 is 2.60 bits per heavy atom. The third kappa shape index (κ3) is 6.78. The van der Waals surface area contributed by atoms with E-state index in [-0.39, 0.29) is 5.92 Å². The SMILES string of the molecule is CC(C[C@H](N)C(=O)O)C[P+](=O)CCCc1ccccc1. The Morgan fingerprint density at radius 2 is 2.00 bits per heavy atom. The second-order valence-electron chi connectivity index (χ2n) is 5.26. The molecule has 0 amide bonds. The van der Waals surface area contributed by atoms with Crippen LogP contribution in [0.2, 0.25) is 0 Å². The molecule has 0 aliphatic heterocycles. The summed E-state index contributed by atoms with van der Waals surface area (Å²) in [5, 5.41) is 8.73. The van der Waals surface area contributed by atoms with Crippen molar-refractivity contribution in [2.75, 3.05) is 12.3 Å². The molecular weight excluding hydrogens is 273 g/mol. The van der Waals surface area contributed by atoms with Crippen LogP contribution in [0.5, 0.6) is 0 Å². The number of carboxylic acids is 1. The van der Waals surface area contributed by atoms with Crippen molar-refractivity contribution in [3.8, 4) is 0 Å². The fourth-order valence-electron chi connectivity index (χ4n) is 2.15. The number of aryl methyl sites for hydroxylation is 1. The molecule has 4 nitrogen and oxygen atoms in total. The van der Waals surface area contributed by atoms with E-state index in [2.05, 4.69) is 12.1 Å². The van der Waals surface area contributed by atoms with Crippen molar-refractivity contribution >= 4 is 13.8 Å². The Hall–Kier alpha value is -1.25. The molecule has 0 fully saturated rings. The Balaban J connectivity index is 2.21. The second kappa shape index (κ2) is 8.83. The van der Waals surface area contributed by atoms with Gasteiger partial charge in [-0.2, -0.15) is 0 Å². The van der Waals surface area contributed by atoms with Gasteiger partial charge in [0.1, 0.15) is 18.4 Å². The van der Waals surface area contributed by atoms with Crippen LogP contribution < -0.4 is 5.73 Å². The number of hydrogen-bond acceptors (Lipinski definition) is 3. The first-order valence-electron chi connectivity index (χ1n) is 6.93. The Kier molecular flexibility index (Phi) is 7.42. The van der Waals surface area contributed by atoms with Gasteiger partial charge < -0.3 is 10.8 Å². The molecule has 0 bridgehead atoms. The van der Waals surface area contributed by atoms with Crippen LogP contribution in [0.25, 0.3) is 0 Å². The van der Waals surface area contributed by atoms with E-state index in [9.17, 15) is 9.36 Å². The zero-order valence-electron chi connectivity index (χ0n) is 11.9. The van der Waals surface area contributed by atoms with Crippen LogP contribution in [-0.2, 0) is 15.8 Å². The number of carbonyl (C=O) groups is 1. The van der Waals surface area contributed by atoms with Crippen molar-refractivity contribution in [2.24, 2.45) is 11.7 Å². The molecule has 0 heterocycles.